The minimum absolute atomic E-state index is 0.198. The van der Waals surface area contributed by atoms with Crippen LogP contribution in [0.1, 0.15) is 56.2 Å². The molecular formula is C17H27NO. The number of rotatable bonds is 6. The predicted molar refractivity (Wildman–Crippen MR) is 80.2 cm³/mol. The highest BCUT2D eigenvalue weighted by atomic mass is 16.3. The molecule has 1 aromatic rings. The lowest BCUT2D eigenvalue weighted by Crippen LogP contribution is -2.30. The summed E-state index contributed by atoms with van der Waals surface area (Å²) >= 11 is 0. The van der Waals surface area contributed by atoms with E-state index >= 15 is 0 Å². The molecule has 2 rings (SSSR count). The fourth-order valence-corrected chi connectivity index (χ4v) is 3.00. The van der Waals surface area contributed by atoms with Crippen LogP contribution in [0.15, 0.2) is 24.3 Å². The molecule has 0 saturated heterocycles. The fraction of sp³-hybridized carbons (Fsp3) is 0.647. The normalized spacial score (nSPS) is 19.5. The van der Waals surface area contributed by atoms with E-state index in [1.807, 2.05) is 0 Å². The molecule has 1 aromatic carbocycles. The molecule has 0 amide bonds. The van der Waals surface area contributed by atoms with E-state index in [1.54, 1.807) is 0 Å². The first kappa shape index (κ1) is 14.5. The largest absolute Gasteiger partial charge is 0.392 e. The van der Waals surface area contributed by atoms with Crippen LogP contribution in [-0.2, 0) is 0 Å². The first-order chi connectivity index (χ1) is 9.15. The van der Waals surface area contributed by atoms with Gasteiger partial charge in [0, 0.05) is 12.6 Å². The molecule has 0 aromatic heterocycles. The standard InChI is InChI=1S/C17H27NO/c1-13-7-9-16(10-8-13)14(2)18-12-17(19)11-15-5-3-4-6-15/h7-10,14-15,17-19H,3-6,11-12H2,1-2H3. The highest BCUT2D eigenvalue weighted by molar-refractivity contribution is 5.23. The first-order valence-corrected chi connectivity index (χ1v) is 7.63. The van der Waals surface area contributed by atoms with Gasteiger partial charge in [-0.3, -0.25) is 0 Å². The summed E-state index contributed by atoms with van der Waals surface area (Å²) in [6.45, 7) is 4.96. The van der Waals surface area contributed by atoms with Gasteiger partial charge in [-0.05, 0) is 31.7 Å². The van der Waals surface area contributed by atoms with Gasteiger partial charge in [0.1, 0.15) is 0 Å². The highest BCUT2D eigenvalue weighted by Gasteiger charge is 2.19. The average molecular weight is 261 g/mol. The minimum Gasteiger partial charge on any atom is -0.392 e. The van der Waals surface area contributed by atoms with Crippen molar-refractivity contribution in [3.63, 3.8) is 0 Å². The molecule has 0 spiro atoms. The molecule has 0 bridgehead atoms. The summed E-state index contributed by atoms with van der Waals surface area (Å²) in [4.78, 5) is 0. The van der Waals surface area contributed by atoms with Gasteiger partial charge in [0.15, 0.2) is 0 Å². The number of benzene rings is 1. The van der Waals surface area contributed by atoms with E-state index in [4.69, 9.17) is 0 Å². The molecular weight excluding hydrogens is 234 g/mol. The second-order valence-electron chi connectivity index (χ2n) is 6.08. The topological polar surface area (TPSA) is 32.3 Å². The predicted octanol–water partition coefficient (Wildman–Crippen LogP) is 3.59. The Hall–Kier alpha value is -0.860. The summed E-state index contributed by atoms with van der Waals surface area (Å²) in [6.07, 6.45) is 6.09. The molecule has 0 radical (unpaired) electrons. The maximum absolute atomic E-state index is 10.1. The smallest absolute Gasteiger partial charge is 0.0667 e. The SMILES string of the molecule is Cc1ccc(C(C)NCC(O)CC2CCCC2)cc1. The Morgan fingerprint density at radius 1 is 1.21 bits per heavy atom. The van der Waals surface area contributed by atoms with Gasteiger partial charge < -0.3 is 10.4 Å². The van der Waals surface area contributed by atoms with Crippen molar-refractivity contribution in [3.8, 4) is 0 Å². The van der Waals surface area contributed by atoms with Crippen molar-refractivity contribution in [1.82, 2.24) is 5.32 Å². The average Bonchev–Trinajstić information content (AvgIpc) is 2.89. The van der Waals surface area contributed by atoms with Gasteiger partial charge in [0.25, 0.3) is 0 Å². The summed E-state index contributed by atoms with van der Waals surface area (Å²) in [6, 6.07) is 8.91. The summed E-state index contributed by atoms with van der Waals surface area (Å²) < 4.78 is 0. The van der Waals surface area contributed by atoms with Crippen molar-refractivity contribution in [2.75, 3.05) is 6.54 Å². The van der Waals surface area contributed by atoms with Crippen molar-refractivity contribution < 1.29 is 5.11 Å². The Labute approximate surface area is 117 Å². The van der Waals surface area contributed by atoms with E-state index in [-0.39, 0.29) is 6.10 Å². The summed E-state index contributed by atoms with van der Waals surface area (Å²) in [5.41, 5.74) is 2.58. The number of aliphatic hydroxyl groups excluding tert-OH is 1. The van der Waals surface area contributed by atoms with Crippen LogP contribution in [0.4, 0.5) is 0 Å². The van der Waals surface area contributed by atoms with Crippen molar-refractivity contribution in [2.24, 2.45) is 5.92 Å². The van der Waals surface area contributed by atoms with Gasteiger partial charge in [-0.1, -0.05) is 55.5 Å². The molecule has 2 nitrogen and oxygen atoms in total. The van der Waals surface area contributed by atoms with E-state index in [9.17, 15) is 5.11 Å². The van der Waals surface area contributed by atoms with E-state index in [0.29, 0.717) is 12.6 Å². The van der Waals surface area contributed by atoms with Crippen LogP contribution in [0.25, 0.3) is 0 Å². The van der Waals surface area contributed by atoms with Gasteiger partial charge >= 0.3 is 0 Å². The number of nitrogens with one attached hydrogen (secondary N) is 1. The number of hydrogen-bond donors (Lipinski definition) is 2. The molecule has 0 aliphatic heterocycles. The van der Waals surface area contributed by atoms with E-state index in [1.165, 1.54) is 36.8 Å². The van der Waals surface area contributed by atoms with E-state index in [0.717, 1.165) is 12.3 Å². The van der Waals surface area contributed by atoms with Crippen LogP contribution < -0.4 is 5.32 Å². The van der Waals surface area contributed by atoms with Crippen molar-refractivity contribution in [2.45, 2.75) is 58.1 Å². The van der Waals surface area contributed by atoms with E-state index in [2.05, 4.69) is 43.4 Å². The van der Waals surface area contributed by atoms with Gasteiger partial charge in [-0.2, -0.15) is 0 Å². The minimum atomic E-state index is -0.198. The Bertz CT molecular complexity index is 367. The molecule has 0 heterocycles. The second-order valence-corrected chi connectivity index (χ2v) is 6.08. The molecule has 2 N–H and O–H groups in total. The molecule has 1 aliphatic carbocycles. The maximum atomic E-state index is 10.1. The lowest BCUT2D eigenvalue weighted by atomic mass is 9.99. The van der Waals surface area contributed by atoms with Crippen LogP contribution in [0.5, 0.6) is 0 Å². The monoisotopic (exact) mass is 261 g/mol. The van der Waals surface area contributed by atoms with Crippen LogP contribution in [0.2, 0.25) is 0 Å². The van der Waals surface area contributed by atoms with Gasteiger partial charge in [0.2, 0.25) is 0 Å². The summed E-state index contributed by atoms with van der Waals surface area (Å²) in [5.74, 6) is 0.756. The van der Waals surface area contributed by atoms with Crippen LogP contribution in [0, 0.1) is 12.8 Å². The van der Waals surface area contributed by atoms with Crippen molar-refractivity contribution in [1.29, 1.82) is 0 Å². The number of hydrogen-bond acceptors (Lipinski definition) is 2. The van der Waals surface area contributed by atoms with Crippen molar-refractivity contribution >= 4 is 0 Å². The molecule has 2 atom stereocenters. The zero-order valence-corrected chi connectivity index (χ0v) is 12.2. The quantitative estimate of drug-likeness (QED) is 0.820. The lowest BCUT2D eigenvalue weighted by Gasteiger charge is -2.19. The fourth-order valence-electron chi connectivity index (χ4n) is 3.00. The Kier molecular flexibility index (Phi) is 5.41. The molecule has 1 saturated carbocycles. The van der Waals surface area contributed by atoms with Gasteiger partial charge in [-0.25, -0.2) is 0 Å². The molecule has 1 aliphatic rings. The number of aryl methyl sites for hydroxylation is 1. The molecule has 2 heteroatoms. The summed E-state index contributed by atoms with van der Waals surface area (Å²) in [7, 11) is 0. The third-order valence-corrected chi connectivity index (χ3v) is 4.32. The maximum Gasteiger partial charge on any atom is 0.0667 e. The third kappa shape index (κ3) is 4.63. The van der Waals surface area contributed by atoms with Gasteiger partial charge in [-0.15, -0.1) is 0 Å². The highest BCUT2D eigenvalue weighted by Crippen LogP contribution is 2.28. The van der Waals surface area contributed by atoms with E-state index < -0.39 is 0 Å². The zero-order chi connectivity index (χ0) is 13.7. The Morgan fingerprint density at radius 3 is 2.47 bits per heavy atom. The molecule has 1 fully saturated rings. The van der Waals surface area contributed by atoms with Crippen molar-refractivity contribution in [3.05, 3.63) is 35.4 Å². The van der Waals surface area contributed by atoms with Crippen LogP contribution in [-0.4, -0.2) is 17.8 Å². The number of aliphatic hydroxyl groups is 1. The van der Waals surface area contributed by atoms with Gasteiger partial charge in [0.05, 0.1) is 6.10 Å². The van der Waals surface area contributed by atoms with Crippen LogP contribution in [0.3, 0.4) is 0 Å². The molecule has 19 heavy (non-hydrogen) atoms. The van der Waals surface area contributed by atoms with Crippen LogP contribution >= 0.6 is 0 Å². The second kappa shape index (κ2) is 7.06. The Morgan fingerprint density at radius 2 is 1.84 bits per heavy atom. The first-order valence-electron chi connectivity index (χ1n) is 7.63. The zero-order valence-electron chi connectivity index (χ0n) is 12.2. The lowest BCUT2D eigenvalue weighted by molar-refractivity contribution is 0.137. The molecule has 2 unspecified atom stereocenters. The third-order valence-electron chi connectivity index (χ3n) is 4.32. The molecule has 106 valence electrons. The Balaban J connectivity index is 1.73. The summed E-state index contributed by atoms with van der Waals surface area (Å²) in [5, 5.41) is 13.5.